The molecule has 0 aromatic carbocycles. The molecule has 0 bridgehead atoms. The molecule has 2 N–H and O–H groups in total. The lowest BCUT2D eigenvalue weighted by molar-refractivity contribution is -0.128. The van der Waals surface area contributed by atoms with Crippen molar-refractivity contribution in [2.75, 3.05) is 7.05 Å². The molecule has 1 aliphatic rings. The summed E-state index contributed by atoms with van der Waals surface area (Å²) in [6.45, 7) is 1.93. The second-order valence-corrected chi connectivity index (χ2v) is 7.34. The first-order valence-electron chi connectivity index (χ1n) is 6.64. The molecule has 1 atom stereocenters. The summed E-state index contributed by atoms with van der Waals surface area (Å²) in [5.74, 6) is 0.212. The minimum absolute atomic E-state index is 0.0344. The van der Waals surface area contributed by atoms with Crippen molar-refractivity contribution in [2.45, 2.75) is 18.9 Å². The number of carbonyl (C=O) groups is 1. The number of rotatable bonds is 2. The van der Waals surface area contributed by atoms with Gasteiger partial charge in [-0.25, -0.2) is 4.99 Å². The van der Waals surface area contributed by atoms with E-state index in [2.05, 4.69) is 11.1 Å². The molecule has 0 saturated heterocycles. The number of guanidine groups is 1. The predicted octanol–water partition coefficient (Wildman–Crippen LogP) is 2.74. The molecule has 0 fully saturated rings. The highest BCUT2D eigenvalue weighted by Crippen LogP contribution is 2.40. The number of carbonyl (C=O) groups excluding carboxylic acids is 1. The molecule has 2 aromatic heterocycles. The summed E-state index contributed by atoms with van der Waals surface area (Å²) in [7, 11) is 1.63. The molecule has 0 spiro atoms. The molecule has 0 saturated carbocycles. The molecule has 3 heterocycles. The number of amides is 1. The third-order valence-corrected chi connectivity index (χ3v) is 5.93. The molecule has 3 rings (SSSR count). The molecule has 0 radical (unpaired) electrons. The van der Waals surface area contributed by atoms with Crippen LogP contribution in [-0.4, -0.2) is 23.8 Å². The Kier molecular flexibility index (Phi) is 3.51. The van der Waals surface area contributed by atoms with Gasteiger partial charge in [-0.2, -0.15) is 5.26 Å². The maximum atomic E-state index is 12.0. The smallest absolute Gasteiger partial charge is 0.231 e. The first-order valence-corrected chi connectivity index (χ1v) is 8.34. The SMILES string of the molecule is CN1C(=O)C[C@@](C)(c2cc(-c3ccc(C#N)s3)cs2)N=C1N. The van der Waals surface area contributed by atoms with E-state index < -0.39 is 5.54 Å². The maximum absolute atomic E-state index is 12.0. The van der Waals surface area contributed by atoms with E-state index >= 15 is 0 Å². The zero-order valence-electron chi connectivity index (χ0n) is 12.2. The molecule has 0 unspecified atom stereocenters. The van der Waals surface area contributed by atoms with E-state index in [-0.39, 0.29) is 11.9 Å². The van der Waals surface area contributed by atoms with Gasteiger partial charge in [0.05, 0.1) is 6.42 Å². The summed E-state index contributed by atoms with van der Waals surface area (Å²) >= 11 is 3.02. The van der Waals surface area contributed by atoms with E-state index in [1.54, 1.807) is 18.4 Å². The van der Waals surface area contributed by atoms with Crippen LogP contribution in [0.3, 0.4) is 0 Å². The average molecular weight is 330 g/mol. The van der Waals surface area contributed by atoms with Gasteiger partial charge in [-0.3, -0.25) is 9.69 Å². The molecule has 112 valence electrons. The highest BCUT2D eigenvalue weighted by atomic mass is 32.1. The molecular weight excluding hydrogens is 316 g/mol. The summed E-state index contributed by atoms with van der Waals surface area (Å²) in [6, 6.07) is 7.93. The van der Waals surface area contributed by atoms with E-state index in [4.69, 9.17) is 11.0 Å². The number of hydrogen-bond donors (Lipinski definition) is 1. The molecule has 22 heavy (non-hydrogen) atoms. The van der Waals surface area contributed by atoms with Gasteiger partial charge in [-0.1, -0.05) is 0 Å². The number of nitrogens with zero attached hydrogens (tertiary/aromatic N) is 3. The van der Waals surface area contributed by atoms with E-state index in [1.165, 1.54) is 16.2 Å². The Morgan fingerprint density at radius 2 is 2.27 bits per heavy atom. The van der Waals surface area contributed by atoms with Crippen LogP contribution >= 0.6 is 22.7 Å². The van der Waals surface area contributed by atoms with E-state index in [0.717, 1.165) is 15.3 Å². The van der Waals surface area contributed by atoms with Gasteiger partial charge < -0.3 is 5.73 Å². The summed E-state index contributed by atoms with van der Waals surface area (Å²) in [5.41, 5.74) is 6.28. The van der Waals surface area contributed by atoms with Crippen molar-refractivity contribution in [3.8, 4) is 16.5 Å². The zero-order valence-corrected chi connectivity index (χ0v) is 13.8. The van der Waals surface area contributed by atoms with Crippen molar-refractivity contribution in [1.29, 1.82) is 5.26 Å². The highest BCUT2D eigenvalue weighted by molar-refractivity contribution is 7.16. The van der Waals surface area contributed by atoms with Crippen LogP contribution in [0.1, 0.15) is 23.1 Å². The standard InChI is InChI=1S/C15H14N4OS2/c1-15(6-13(20)19(2)14(17)18-15)12-5-9(8-21-12)11-4-3-10(7-16)22-11/h3-5,8H,6H2,1-2H3,(H2,17,18)/t15-/m0/s1. The Bertz CT molecular complexity index is 814. The van der Waals surface area contributed by atoms with E-state index in [9.17, 15) is 4.79 Å². The van der Waals surface area contributed by atoms with Crippen molar-refractivity contribution in [2.24, 2.45) is 10.7 Å². The monoisotopic (exact) mass is 330 g/mol. The lowest BCUT2D eigenvalue weighted by Crippen LogP contribution is -2.47. The summed E-state index contributed by atoms with van der Waals surface area (Å²) in [4.78, 5) is 20.7. The normalized spacial score (nSPS) is 21.6. The fourth-order valence-electron chi connectivity index (χ4n) is 2.35. The third-order valence-electron chi connectivity index (χ3n) is 3.71. The molecule has 1 aliphatic heterocycles. The Balaban J connectivity index is 1.97. The second kappa shape index (κ2) is 5.23. The van der Waals surface area contributed by atoms with Crippen LogP contribution in [0.4, 0.5) is 0 Å². The molecular formula is C15H14N4OS2. The van der Waals surface area contributed by atoms with Crippen molar-refractivity contribution in [3.63, 3.8) is 0 Å². The van der Waals surface area contributed by atoms with Crippen molar-refractivity contribution in [3.05, 3.63) is 33.3 Å². The fourth-order valence-corrected chi connectivity index (χ4v) is 4.23. The van der Waals surface area contributed by atoms with Gasteiger partial charge in [0.25, 0.3) is 0 Å². The fraction of sp³-hybridized carbons (Fsp3) is 0.267. The quantitative estimate of drug-likeness (QED) is 0.919. The molecule has 5 nitrogen and oxygen atoms in total. The van der Waals surface area contributed by atoms with Gasteiger partial charge >= 0.3 is 0 Å². The first kappa shape index (κ1) is 14.8. The minimum atomic E-state index is -0.619. The Morgan fingerprint density at radius 3 is 2.91 bits per heavy atom. The Hall–Kier alpha value is -2.17. The topological polar surface area (TPSA) is 82.5 Å². The van der Waals surface area contributed by atoms with Crippen LogP contribution < -0.4 is 5.73 Å². The van der Waals surface area contributed by atoms with Crippen LogP contribution in [0.5, 0.6) is 0 Å². The van der Waals surface area contributed by atoms with Crippen LogP contribution in [0, 0.1) is 11.3 Å². The van der Waals surface area contributed by atoms with Crippen LogP contribution in [-0.2, 0) is 10.3 Å². The number of aliphatic imine (C=N–C) groups is 1. The van der Waals surface area contributed by atoms with Gasteiger partial charge in [0.15, 0.2) is 5.96 Å². The molecule has 0 aliphatic carbocycles. The lowest BCUT2D eigenvalue weighted by Gasteiger charge is -2.32. The number of hydrogen-bond acceptors (Lipinski definition) is 6. The lowest BCUT2D eigenvalue weighted by atomic mass is 9.94. The van der Waals surface area contributed by atoms with Crippen LogP contribution in [0.15, 0.2) is 28.6 Å². The molecule has 1 amide bonds. The summed E-state index contributed by atoms with van der Waals surface area (Å²) in [6.07, 6.45) is 0.304. The van der Waals surface area contributed by atoms with Crippen molar-refractivity contribution >= 4 is 34.5 Å². The number of nitrogens with two attached hydrogens (primary N) is 1. The minimum Gasteiger partial charge on any atom is -0.369 e. The Morgan fingerprint density at radius 1 is 1.50 bits per heavy atom. The molecule has 2 aromatic rings. The first-order chi connectivity index (χ1) is 10.4. The van der Waals surface area contributed by atoms with E-state index in [1.807, 2.05) is 30.5 Å². The number of thiophene rings is 2. The zero-order chi connectivity index (χ0) is 15.9. The van der Waals surface area contributed by atoms with Gasteiger partial charge in [0.2, 0.25) is 5.91 Å². The second-order valence-electron chi connectivity index (χ2n) is 5.35. The van der Waals surface area contributed by atoms with Gasteiger partial charge in [0, 0.05) is 22.4 Å². The number of nitriles is 1. The van der Waals surface area contributed by atoms with Crippen molar-refractivity contribution in [1.82, 2.24) is 4.90 Å². The third kappa shape index (κ3) is 2.40. The van der Waals surface area contributed by atoms with Crippen LogP contribution in [0.2, 0.25) is 0 Å². The highest BCUT2D eigenvalue weighted by Gasteiger charge is 2.37. The Labute approximate surface area is 136 Å². The van der Waals surface area contributed by atoms with Crippen LogP contribution in [0.25, 0.3) is 10.4 Å². The summed E-state index contributed by atoms with van der Waals surface area (Å²) in [5, 5.41) is 11.0. The largest absolute Gasteiger partial charge is 0.369 e. The maximum Gasteiger partial charge on any atom is 0.231 e. The average Bonchev–Trinajstić information content (AvgIpc) is 3.13. The summed E-state index contributed by atoms with van der Waals surface area (Å²) < 4.78 is 0. The predicted molar refractivity (Wildman–Crippen MR) is 88.7 cm³/mol. The van der Waals surface area contributed by atoms with Gasteiger partial charge in [0.1, 0.15) is 16.5 Å². The van der Waals surface area contributed by atoms with E-state index in [0.29, 0.717) is 11.3 Å². The van der Waals surface area contributed by atoms with Gasteiger partial charge in [-0.15, -0.1) is 22.7 Å². The van der Waals surface area contributed by atoms with Gasteiger partial charge in [-0.05, 0) is 30.5 Å². The van der Waals surface area contributed by atoms with Crippen molar-refractivity contribution < 1.29 is 4.79 Å². The molecule has 7 heteroatoms.